The molecule has 7 nitrogen and oxygen atoms in total. The molecule has 0 unspecified atom stereocenters. The number of hydrogen-bond acceptors (Lipinski definition) is 5. The largest absolute Gasteiger partial charge is 0.384 e. The maximum Gasteiger partial charge on any atom is 0.244 e. The van der Waals surface area contributed by atoms with Gasteiger partial charge in [0.2, 0.25) is 15.9 Å². The van der Waals surface area contributed by atoms with Crippen molar-refractivity contribution in [2.75, 3.05) is 25.5 Å². The fourth-order valence-electron chi connectivity index (χ4n) is 1.70. The summed E-state index contributed by atoms with van der Waals surface area (Å²) in [5.41, 5.74) is -0.361. The van der Waals surface area contributed by atoms with Gasteiger partial charge in [0.05, 0.1) is 11.1 Å². The quantitative estimate of drug-likeness (QED) is 0.683. The number of amides is 1. The van der Waals surface area contributed by atoms with Gasteiger partial charge in [0.1, 0.15) is 4.90 Å². The average Bonchev–Trinajstić information content (AvgIpc) is 2.45. The molecule has 0 aromatic carbocycles. The van der Waals surface area contributed by atoms with Crippen LogP contribution in [0.3, 0.4) is 0 Å². The van der Waals surface area contributed by atoms with Crippen LogP contribution in [0.25, 0.3) is 0 Å². The summed E-state index contributed by atoms with van der Waals surface area (Å²) in [5.74, 6) is -0.233. The van der Waals surface area contributed by atoms with Crippen LogP contribution < -0.4 is 15.4 Å². The summed E-state index contributed by atoms with van der Waals surface area (Å²) < 4.78 is 27.2. The molecule has 1 amide bonds. The first-order valence-corrected chi connectivity index (χ1v) is 8.12. The fourth-order valence-corrected chi connectivity index (χ4v) is 3.04. The topological polar surface area (TPSA) is 100 Å². The van der Waals surface area contributed by atoms with Gasteiger partial charge in [0, 0.05) is 32.5 Å². The first-order valence-electron chi connectivity index (χ1n) is 6.64. The highest BCUT2D eigenvalue weighted by Gasteiger charge is 2.29. The van der Waals surface area contributed by atoms with Crippen molar-refractivity contribution < 1.29 is 13.2 Å². The second kappa shape index (κ2) is 6.86. The minimum atomic E-state index is -3.74. The molecule has 0 aliphatic heterocycles. The normalized spacial score (nSPS) is 12.0. The molecule has 0 fully saturated rings. The van der Waals surface area contributed by atoms with Crippen LogP contribution in [0.2, 0.25) is 0 Å². The molecule has 0 saturated heterocycles. The van der Waals surface area contributed by atoms with Gasteiger partial charge in [-0.1, -0.05) is 0 Å². The zero-order chi connectivity index (χ0) is 16.1. The average molecular weight is 314 g/mol. The Bertz CT molecular complexity index is 599. The van der Waals surface area contributed by atoms with Crippen molar-refractivity contribution in [1.82, 2.24) is 15.0 Å². The minimum absolute atomic E-state index is 0.00450. The van der Waals surface area contributed by atoms with Crippen LogP contribution in [-0.2, 0) is 14.8 Å². The van der Waals surface area contributed by atoms with E-state index in [4.69, 9.17) is 0 Å². The summed E-state index contributed by atoms with van der Waals surface area (Å²) in [6.45, 7) is 5.80. The zero-order valence-electron chi connectivity index (χ0n) is 12.7. The van der Waals surface area contributed by atoms with Gasteiger partial charge in [-0.15, -0.1) is 0 Å². The first-order chi connectivity index (χ1) is 9.74. The van der Waals surface area contributed by atoms with Gasteiger partial charge in [-0.3, -0.25) is 9.78 Å². The van der Waals surface area contributed by atoms with Crippen molar-refractivity contribution in [2.24, 2.45) is 5.41 Å². The number of rotatable bonds is 7. The van der Waals surface area contributed by atoms with Crippen LogP contribution >= 0.6 is 0 Å². The van der Waals surface area contributed by atoms with Crippen LogP contribution in [0.15, 0.2) is 23.4 Å². The Morgan fingerprint density at radius 1 is 1.38 bits per heavy atom. The Morgan fingerprint density at radius 2 is 2.05 bits per heavy atom. The Morgan fingerprint density at radius 3 is 2.62 bits per heavy atom. The van der Waals surface area contributed by atoms with E-state index in [0.717, 1.165) is 0 Å². The Balaban J connectivity index is 2.95. The number of carbonyl (C=O) groups is 1. The molecule has 1 aromatic heterocycles. The molecular formula is C13H22N4O3S. The number of pyridine rings is 1. The molecule has 0 saturated carbocycles. The van der Waals surface area contributed by atoms with E-state index < -0.39 is 15.4 Å². The fraction of sp³-hybridized carbons (Fsp3) is 0.538. The third kappa shape index (κ3) is 4.40. The van der Waals surface area contributed by atoms with E-state index in [-0.39, 0.29) is 17.3 Å². The molecule has 0 spiro atoms. The lowest BCUT2D eigenvalue weighted by Crippen LogP contribution is -2.43. The third-order valence-corrected chi connectivity index (χ3v) is 4.42. The molecule has 1 heterocycles. The number of anilines is 1. The van der Waals surface area contributed by atoms with Crippen LogP contribution in [0.5, 0.6) is 0 Å². The Hall–Kier alpha value is -1.67. The summed E-state index contributed by atoms with van der Waals surface area (Å²) in [5, 5.41) is 5.49. The monoisotopic (exact) mass is 314 g/mol. The van der Waals surface area contributed by atoms with Crippen molar-refractivity contribution in [1.29, 1.82) is 0 Å². The lowest BCUT2D eigenvalue weighted by molar-refractivity contribution is -0.128. The maximum atomic E-state index is 12.4. The zero-order valence-corrected chi connectivity index (χ0v) is 13.5. The third-order valence-electron chi connectivity index (χ3n) is 2.99. The molecule has 1 rings (SSSR count). The van der Waals surface area contributed by atoms with Crippen molar-refractivity contribution in [2.45, 2.75) is 25.7 Å². The number of aromatic nitrogens is 1. The number of nitrogens with one attached hydrogen (secondary N) is 3. The molecule has 118 valence electrons. The van der Waals surface area contributed by atoms with Crippen molar-refractivity contribution in [3.8, 4) is 0 Å². The predicted octanol–water partition coefficient (Wildman–Crippen LogP) is 0.564. The molecule has 0 atom stereocenters. The van der Waals surface area contributed by atoms with Gasteiger partial charge in [0.25, 0.3) is 0 Å². The highest BCUT2D eigenvalue weighted by atomic mass is 32.2. The van der Waals surface area contributed by atoms with Gasteiger partial charge in [-0.2, -0.15) is 0 Å². The maximum absolute atomic E-state index is 12.4. The van der Waals surface area contributed by atoms with Crippen molar-refractivity contribution in [3.05, 3.63) is 18.5 Å². The summed E-state index contributed by atoms with van der Waals surface area (Å²) >= 11 is 0. The highest BCUT2D eigenvalue weighted by molar-refractivity contribution is 7.89. The summed E-state index contributed by atoms with van der Waals surface area (Å²) in [4.78, 5) is 15.6. The van der Waals surface area contributed by atoms with Crippen LogP contribution in [0.4, 0.5) is 5.69 Å². The Labute approximate surface area is 125 Å². The number of carbonyl (C=O) groups excluding carboxylic acids is 1. The SMILES string of the molecule is CCNc1ccncc1S(=O)(=O)NCC(C)(C)C(=O)NC. The van der Waals surface area contributed by atoms with Gasteiger partial charge < -0.3 is 10.6 Å². The Kier molecular flexibility index (Phi) is 5.68. The summed E-state index contributed by atoms with van der Waals surface area (Å²) in [7, 11) is -2.23. The van der Waals surface area contributed by atoms with Gasteiger partial charge in [-0.05, 0) is 26.8 Å². The molecule has 0 radical (unpaired) electrons. The predicted molar refractivity (Wildman–Crippen MR) is 81.4 cm³/mol. The van der Waals surface area contributed by atoms with Crippen LogP contribution in [-0.4, -0.2) is 39.4 Å². The molecule has 0 bridgehead atoms. The number of sulfonamides is 1. The van der Waals surface area contributed by atoms with Crippen molar-refractivity contribution >= 4 is 21.6 Å². The van der Waals surface area contributed by atoms with Gasteiger partial charge >= 0.3 is 0 Å². The van der Waals surface area contributed by atoms with E-state index >= 15 is 0 Å². The van der Waals surface area contributed by atoms with E-state index in [1.54, 1.807) is 19.9 Å². The number of hydrogen-bond donors (Lipinski definition) is 3. The van der Waals surface area contributed by atoms with Gasteiger partial charge in [-0.25, -0.2) is 13.1 Å². The highest BCUT2D eigenvalue weighted by Crippen LogP contribution is 2.21. The number of nitrogens with zero attached hydrogens (tertiary/aromatic N) is 1. The molecule has 1 aromatic rings. The van der Waals surface area contributed by atoms with Gasteiger partial charge in [0.15, 0.2) is 0 Å². The van der Waals surface area contributed by atoms with E-state index in [2.05, 4.69) is 20.3 Å². The molecule has 8 heteroatoms. The summed E-state index contributed by atoms with van der Waals surface area (Å²) in [6.07, 6.45) is 2.80. The van der Waals surface area contributed by atoms with E-state index in [1.807, 2.05) is 6.92 Å². The lowest BCUT2D eigenvalue weighted by atomic mass is 9.93. The smallest absolute Gasteiger partial charge is 0.244 e. The molecule has 0 aliphatic rings. The molecular weight excluding hydrogens is 292 g/mol. The van der Waals surface area contributed by atoms with Crippen LogP contribution in [0, 0.1) is 5.41 Å². The second-order valence-electron chi connectivity index (χ2n) is 5.19. The van der Waals surface area contributed by atoms with Crippen LogP contribution in [0.1, 0.15) is 20.8 Å². The second-order valence-corrected chi connectivity index (χ2v) is 6.93. The molecule has 3 N–H and O–H groups in total. The molecule has 0 aliphatic carbocycles. The van der Waals surface area contributed by atoms with Crippen molar-refractivity contribution in [3.63, 3.8) is 0 Å². The van der Waals surface area contributed by atoms with E-state index in [0.29, 0.717) is 12.2 Å². The first kappa shape index (κ1) is 17.4. The standard InChI is InChI=1S/C13H22N4O3S/c1-5-16-10-6-7-15-8-11(10)21(19,20)17-9-13(2,3)12(18)14-4/h6-8,17H,5,9H2,1-4H3,(H,14,18)(H,15,16). The molecule has 21 heavy (non-hydrogen) atoms. The minimum Gasteiger partial charge on any atom is -0.384 e. The summed E-state index contributed by atoms with van der Waals surface area (Å²) in [6, 6.07) is 1.60. The van der Waals surface area contributed by atoms with E-state index in [1.165, 1.54) is 19.4 Å². The van der Waals surface area contributed by atoms with E-state index in [9.17, 15) is 13.2 Å². The lowest BCUT2D eigenvalue weighted by Gasteiger charge is -2.23.